The van der Waals surface area contributed by atoms with Gasteiger partial charge in [-0.25, -0.2) is 9.37 Å². The zero-order chi connectivity index (χ0) is 8.97. The van der Waals surface area contributed by atoms with Crippen molar-refractivity contribution in [3.63, 3.8) is 0 Å². The van der Waals surface area contributed by atoms with E-state index in [1.807, 2.05) is 0 Å². The lowest BCUT2D eigenvalue weighted by atomic mass is 10.3. The fourth-order valence-electron chi connectivity index (χ4n) is 0.639. The van der Waals surface area contributed by atoms with E-state index >= 15 is 0 Å². The summed E-state index contributed by atoms with van der Waals surface area (Å²) in [4.78, 5) is 3.58. The standard InChI is InChI=1S/C8H4Cl2FN/c9-3-1-2-6-4-7(11)5-12-8(6)10/h4-5H,3H2. The van der Waals surface area contributed by atoms with Gasteiger partial charge in [0.05, 0.1) is 17.6 Å². The summed E-state index contributed by atoms with van der Waals surface area (Å²) in [5, 5.41) is 0.189. The molecule has 62 valence electrons. The smallest absolute Gasteiger partial charge is 0.144 e. The molecule has 0 atom stereocenters. The van der Waals surface area contributed by atoms with Crippen molar-refractivity contribution in [3.05, 3.63) is 28.8 Å². The Balaban J connectivity index is 3.05. The van der Waals surface area contributed by atoms with Crippen molar-refractivity contribution in [2.75, 3.05) is 5.88 Å². The molecule has 1 rings (SSSR count). The van der Waals surface area contributed by atoms with E-state index in [2.05, 4.69) is 16.8 Å². The molecule has 0 aliphatic carbocycles. The first kappa shape index (κ1) is 9.31. The molecule has 0 fully saturated rings. The van der Waals surface area contributed by atoms with Gasteiger partial charge in [0.15, 0.2) is 0 Å². The monoisotopic (exact) mass is 203 g/mol. The second-order valence-electron chi connectivity index (χ2n) is 1.93. The van der Waals surface area contributed by atoms with Gasteiger partial charge in [-0.05, 0) is 6.07 Å². The molecular formula is C8H4Cl2FN. The van der Waals surface area contributed by atoms with Crippen LogP contribution >= 0.6 is 23.2 Å². The van der Waals surface area contributed by atoms with E-state index in [1.54, 1.807) is 0 Å². The Bertz CT molecular complexity index is 341. The molecule has 0 aliphatic heterocycles. The van der Waals surface area contributed by atoms with Gasteiger partial charge in [-0.1, -0.05) is 23.4 Å². The van der Waals surface area contributed by atoms with Crippen molar-refractivity contribution >= 4 is 23.2 Å². The van der Waals surface area contributed by atoms with Crippen LogP contribution in [0.25, 0.3) is 0 Å². The van der Waals surface area contributed by atoms with Gasteiger partial charge in [-0.2, -0.15) is 0 Å². The van der Waals surface area contributed by atoms with Crippen LogP contribution in [-0.2, 0) is 0 Å². The van der Waals surface area contributed by atoms with Gasteiger partial charge in [0.2, 0.25) is 0 Å². The fourth-order valence-corrected chi connectivity index (χ4v) is 0.856. The number of nitrogens with zero attached hydrogens (tertiary/aromatic N) is 1. The molecule has 0 saturated heterocycles. The van der Waals surface area contributed by atoms with Gasteiger partial charge in [0, 0.05) is 0 Å². The summed E-state index contributed by atoms with van der Waals surface area (Å²) in [6.45, 7) is 0. The van der Waals surface area contributed by atoms with Crippen LogP contribution in [0, 0.1) is 17.7 Å². The van der Waals surface area contributed by atoms with Gasteiger partial charge < -0.3 is 0 Å². The second-order valence-corrected chi connectivity index (χ2v) is 2.55. The maximum Gasteiger partial charge on any atom is 0.144 e. The first-order valence-corrected chi connectivity index (χ1v) is 4.01. The molecule has 12 heavy (non-hydrogen) atoms. The van der Waals surface area contributed by atoms with E-state index in [0.717, 1.165) is 6.20 Å². The van der Waals surface area contributed by atoms with E-state index in [9.17, 15) is 4.39 Å². The molecule has 0 unspecified atom stereocenters. The minimum Gasteiger partial charge on any atom is -0.240 e. The summed E-state index contributed by atoms with van der Waals surface area (Å²) in [5.74, 6) is 4.87. The average molecular weight is 204 g/mol. The SMILES string of the molecule is Fc1cnc(Cl)c(C#CCCl)c1. The number of hydrogen-bond donors (Lipinski definition) is 0. The summed E-state index contributed by atoms with van der Waals surface area (Å²) in [6, 6.07) is 1.22. The summed E-state index contributed by atoms with van der Waals surface area (Å²) in [6.07, 6.45) is 1.04. The summed E-state index contributed by atoms with van der Waals surface area (Å²) < 4.78 is 12.6. The number of pyridine rings is 1. The molecule has 0 spiro atoms. The van der Waals surface area contributed by atoms with Crippen LogP contribution in [0.3, 0.4) is 0 Å². The third-order valence-electron chi connectivity index (χ3n) is 1.10. The first-order valence-electron chi connectivity index (χ1n) is 3.10. The van der Waals surface area contributed by atoms with E-state index in [0.29, 0.717) is 5.56 Å². The molecule has 0 bridgehead atoms. The van der Waals surface area contributed by atoms with Crippen LogP contribution < -0.4 is 0 Å². The predicted octanol–water partition coefficient (Wildman–Crippen LogP) is 2.46. The molecule has 0 radical (unpaired) electrons. The first-order chi connectivity index (χ1) is 5.74. The van der Waals surface area contributed by atoms with E-state index in [-0.39, 0.29) is 11.0 Å². The van der Waals surface area contributed by atoms with Crippen LogP contribution in [0.15, 0.2) is 12.3 Å². The second kappa shape index (κ2) is 4.30. The lowest BCUT2D eigenvalue weighted by Gasteiger charge is -1.93. The summed E-state index contributed by atoms with van der Waals surface area (Å²) in [5.41, 5.74) is 0.359. The molecule has 1 heterocycles. The van der Waals surface area contributed by atoms with E-state index in [4.69, 9.17) is 23.2 Å². The van der Waals surface area contributed by atoms with Gasteiger partial charge in [-0.15, -0.1) is 11.6 Å². The third kappa shape index (κ3) is 2.37. The van der Waals surface area contributed by atoms with Gasteiger partial charge in [0.1, 0.15) is 11.0 Å². The van der Waals surface area contributed by atoms with E-state index in [1.165, 1.54) is 6.07 Å². The number of halogens is 3. The number of hydrogen-bond acceptors (Lipinski definition) is 1. The van der Waals surface area contributed by atoms with Crippen LogP contribution in [0.4, 0.5) is 4.39 Å². The molecule has 0 aromatic carbocycles. The zero-order valence-corrected chi connectivity index (χ0v) is 7.45. The molecular weight excluding hydrogens is 200 g/mol. The number of alkyl halides is 1. The van der Waals surface area contributed by atoms with Gasteiger partial charge in [-0.3, -0.25) is 0 Å². The predicted molar refractivity (Wildman–Crippen MR) is 46.8 cm³/mol. The Kier molecular flexibility index (Phi) is 3.33. The molecule has 0 N–H and O–H groups in total. The Labute approximate surface area is 79.5 Å². The molecule has 1 aromatic heterocycles. The third-order valence-corrected chi connectivity index (χ3v) is 1.53. The average Bonchev–Trinajstić information content (AvgIpc) is 2.07. The Hall–Kier alpha value is -0.780. The minimum absolute atomic E-state index is 0.187. The van der Waals surface area contributed by atoms with Crippen molar-refractivity contribution in [3.8, 4) is 11.8 Å². The van der Waals surface area contributed by atoms with Crippen molar-refractivity contribution in [2.45, 2.75) is 0 Å². The fraction of sp³-hybridized carbons (Fsp3) is 0.125. The normalized spacial score (nSPS) is 8.92. The maximum atomic E-state index is 12.6. The quantitative estimate of drug-likeness (QED) is 0.359. The van der Waals surface area contributed by atoms with Gasteiger partial charge in [0.25, 0.3) is 0 Å². The lowest BCUT2D eigenvalue weighted by Crippen LogP contribution is -1.85. The molecule has 4 heteroatoms. The van der Waals surface area contributed by atoms with Crippen LogP contribution in [0.2, 0.25) is 5.15 Å². The summed E-state index contributed by atoms with van der Waals surface area (Å²) >= 11 is 10.9. The molecule has 0 saturated carbocycles. The van der Waals surface area contributed by atoms with Crippen molar-refractivity contribution in [1.29, 1.82) is 0 Å². The Morgan fingerprint density at radius 1 is 1.58 bits per heavy atom. The largest absolute Gasteiger partial charge is 0.240 e. The molecule has 0 amide bonds. The topological polar surface area (TPSA) is 12.9 Å². The number of rotatable bonds is 0. The zero-order valence-electron chi connectivity index (χ0n) is 5.94. The van der Waals surface area contributed by atoms with Gasteiger partial charge >= 0.3 is 0 Å². The molecule has 1 nitrogen and oxygen atoms in total. The van der Waals surface area contributed by atoms with Crippen LogP contribution in [-0.4, -0.2) is 10.9 Å². The highest BCUT2D eigenvalue weighted by molar-refractivity contribution is 6.30. The van der Waals surface area contributed by atoms with Crippen LogP contribution in [0.1, 0.15) is 5.56 Å². The highest BCUT2D eigenvalue weighted by Gasteiger charge is 1.99. The van der Waals surface area contributed by atoms with Crippen molar-refractivity contribution in [1.82, 2.24) is 4.98 Å². The Morgan fingerprint density at radius 3 is 3.00 bits per heavy atom. The highest BCUT2D eigenvalue weighted by Crippen LogP contribution is 2.11. The molecule has 0 aliphatic rings. The van der Waals surface area contributed by atoms with Crippen molar-refractivity contribution < 1.29 is 4.39 Å². The van der Waals surface area contributed by atoms with E-state index < -0.39 is 5.82 Å². The van der Waals surface area contributed by atoms with Crippen LogP contribution in [0.5, 0.6) is 0 Å². The maximum absolute atomic E-state index is 12.6. The van der Waals surface area contributed by atoms with Crippen molar-refractivity contribution in [2.24, 2.45) is 0 Å². The highest BCUT2D eigenvalue weighted by atomic mass is 35.5. The minimum atomic E-state index is -0.460. The Morgan fingerprint density at radius 2 is 2.33 bits per heavy atom. The summed E-state index contributed by atoms with van der Waals surface area (Å²) in [7, 11) is 0. The molecule has 1 aromatic rings. The number of aromatic nitrogens is 1. The lowest BCUT2D eigenvalue weighted by molar-refractivity contribution is 0.621.